The van der Waals surface area contributed by atoms with Crippen LogP contribution < -0.4 is 31.1 Å². The molecule has 1 aromatic heterocycles. The number of nitrogens with zero attached hydrogens (tertiary/aromatic N) is 3. The Morgan fingerprint density at radius 3 is 1.32 bits per heavy atom. The minimum Gasteiger partial charge on any atom is -0.456 e. The number of furan rings is 1. The van der Waals surface area contributed by atoms with Gasteiger partial charge in [0.05, 0.1) is 22.4 Å². The predicted octanol–water partition coefficient (Wildman–Crippen LogP) is 22.0. The first-order chi connectivity index (χ1) is 42.1. The maximum atomic E-state index is 7.67. The van der Waals surface area contributed by atoms with Gasteiger partial charge in [-0.25, -0.2) is 0 Å². The van der Waals surface area contributed by atoms with E-state index in [1.807, 2.05) is 0 Å². The Morgan fingerprint density at radius 1 is 0.364 bits per heavy atom. The normalized spacial score (nSPS) is 13.2. The second kappa shape index (κ2) is 21.1. The quantitative estimate of drug-likeness (QED) is 0.141. The van der Waals surface area contributed by atoms with Gasteiger partial charge in [0.25, 0.3) is 6.71 Å². The van der Waals surface area contributed by atoms with Crippen molar-refractivity contribution < 1.29 is 4.42 Å². The van der Waals surface area contributed by atoms with Crippen LogP contribution in [0, 0.1) is 0 Å². The molecule has 0 unspecified atom stereocenters. The topological polar surface area (TPSA) is 22.9 Å². The molecule has 0 aliphatic carbocycles. The molecule has 4 nitrogen and oxygen atoms in total. The first-order valence-electron chi connectivity index (χ1n) is 31.1. The maximum absolute atomic E-state index is 7.67. The molecule has 14 rings (SSSR count). The van der Waals surface area contributed by atoms with Gasteiger partial charge in [-0.1, -0.05) is 258 Å². The van der Waals surface area contributed by atoms with E-state index in [-0.39, 0.29) is 28.4 Å². The highest BCUT2D eigenvalue weighted by molar-refractivity contribution is 7.01. The molecule has 12 aromatic rings. The molecule has 0 saturated carbocycles. The third-order valence-electron chi connectivity index (χ3n) is 18.3. The van der Waals surface area contributed by atoms with Crippen molar-refractivity contribution in [3.05, 3.63) is 264 Å². The molecule has 0 bridgehead atoms. The molecule has 2 aliphatic heterocycles. The summed E-state index contributed by atoms with van der Waals surface area (Å²) in [7, 11) is 0. The van der Waals surface area contributed by atoms with Crippen LogP contribution in [0.1, 0.15) is 105 Å². The minimum atomic E-state index is -0.324. The average Bonchev–Trinajstić information content (AvgIpc) is 1.14. The van der Waals surface area contributed by atoms with Gasteiger partial charge in [-0.2, -0.15) is 0 Å². The smallest absolute Gasteiger partial charge is 0.257 e. The first kappa shape index (κ1) is 56.8. The third kappa shape index (κ3) is 9.80. The summed E-state index contributed by atoms with van der Waals surface area (Å²) < 4.78 is 7.67. The number of para-hydroxylation sites is 3. The molecule has 3 heterocycles. The molecule has 0 spiro atoms. The highest BCUT2D eigenvalue weighted by Crippen LogP contribution is 2.54. The van der Waals surface area contributed by atoms with Gasteiger partial charge in [0.1, 0.15) is 11.2 Å². The van der Waals surface area contributed by atoms with Crippen LogP contribution in [0.2, 0.25) is 5.02 Å². The highest BCUT2D eigenvalue weighted by atomic mass is 35.5. The second-order valence-corrected chi connectivity index (χ2v) is 28.8. The van der Waals surface area contributed by atoms with E-state index in [2.05, 4.69) is 334 Å². The molecule has 0 amide bonds. The molecule has 434 valence electrons. The van der Waals surface area contributed by atoms with Crippen molar-refractivity contribution in [2.24, 2.45) is 0 Å². The van der Waals surface area contributed by atoms with Gasteiger partial charge in [-0.3, -0.25) is 0 Å². The van der Waals surface area contributed by atoms with E-state index in [1.54, 1.807) is 0 Å². The summed E-state index contributed by atoms with van der Waals surface area (Å²) in [6.45, 7) is 27.4. The average molecular weight is 1160 g/mol. The fourth-order valence-corrected chi connectivity index (χ4v) is 13.7. The van der Waals surface area contributed by atoms with Crippen LogP contribution in [0.25, 0.3) is 55.3 Å². The molecule has 0 saturated heterocycles. The minimum absolute atomic E-state index is 0.0442. The largest absolute Gasteiger partial charge is 0.456 e. The molecule has 2 aliphatic rings. The second-order valence-electron chi connectivity index (χ2n) is 28.4. The van der Waals surface area contributed by atoms with E-state index in [9.17, 15) is 0 Å². The number of hydrogen-bond donors (Lipinski definition) is 0. The summed E-state index contributed by atoms with van der Waals surface area (Å²) in [5, 5.41) is 2.76. The Morgan fingerprint density at radius 2 is 0.807 bits per heavy atom. The van der Waals surface area contributed by atoms with E-state index < -0.39 is 0 Å². The lowest BCUT2D eigenvalue weighted by molar-refractivity contribution is 0.569. The molecule has 0 fully saturated rings. The summed E-state index contributed by atoms with van der Waals surface area (Å²) >= 11 is 7.41. The molecule has 0 atom stereocenters. The van der Waals surface area contributed by atoms with E-state index >= 15 is 0 Å². The lowest BCUT2D eigenvalue weighted by Crippen LogP contribution is -2.61. The molecule has 11 aromatic carbocycles. The van der Waals surface area contributed by atoms with Crippen molar-refractivity contribution in [3.8, 4) is 33.4 Å². The molecular weight excluding hydrogens is 1090 g/mol. The van der Waals surface area contributed by atoms with Crippen molar-refractivity contribution in [3.63, 3.8) is 0 Å². The van der Waals surface area contributed by atoms with Gasteiger partial charge >= 0.3 is 0 Å². The van der Waals surface area contributed by atoms with Gasteiger partial charge in [0.15, 0.2) is 0 Å². The third-order valence-corrected chi connectivity index (χ3v) is 18.5. The summed E-state index contributed by atoms with van der Waals surface area (Å²) in [4.78, 5) is 7.59. The van der Waals surface area contributed by atoms with E-state index in [4.69, 9.17) is 16.0 Å². The van der Waals surface area contributed by atoms with Crippen molar-refractivity contribution in [1.29, 1.82) is 0 Å². The van der Waals surface area contributed by atoms with Gasteiger partial charge in [-0.15, -0.1) is 0 Å². The molecule has 88 heavy (non-hydrogen) atoms. The number of anilines is 9. The Hall–Kier alpha value is -9.03. The van der Waals surface area contributed by atoms with Gasteiger partial charge in [0, 0.05) is 55.7 Å². The predicted molar refractivity (Wildman–Crippen MR) is 379 cm³/mol. The van der Waals surface area contributed by atoms with Gasteiger partial charge in [-0.05, 0) is 155 Å². The lowest BCUT2D eigenvalue weighted by Gasteiger charge is -2.45. The first-order valence-corrected chi connectivity index (χ1v) is 31.5. The van der Waals surface area contributed by atoms with Crippen molar-refractivity contribution >= 4 is 108 Å². The van der Waals surface area contributed by atoms with Crippen LogP contribution in [-0.2, 0) is 21.7 Å². The maximum Gasteiger partial charge on any atom is 0.257 e. The van der Waals surface area contributed by atoms with Crippen molar-refractivity contribution in [1.82, 2.24) is 0 Å². The zero-order valence-electron chi connectivity index (χ0n) is 52.7. The fraction of sp³-hybridized carbons (Fsp3) is 0.195. The molecule has 0 N–H and O–H groups in total. The van der Waals surface area contributed by atoms with Crippen molar-refractivity contribution in [2.75, 3.05) is 14.7 Å². The van der Waals surface area contributed by atoms with Crippen LogP contribution in [0.15, 0.2) is 241 Å². The standard InChI is InChI=1S/C82H75BClN3O/c1-79(2,3)56-35-40-61(41-36-56)85(62-42-37-57(38-43-62)80(4,5)6)70-51-73-77(78-75(70)65-31-21-24-34-74(65)88-78)83-66-44-39-60(84)50-69(66)86(67-32-22-19-29-63(67)52-25-15-13-16-26-52)71-47-55(54-45-58(81(7,8)9)49-59(46-54)82(10,11)12)48-72(76(71)83)87(73)68-33-23-20-30-64(68)53-27-17-14-18-28-53/h13-51H,1-12H3. The molecular formula is C82H75BClN3O. The number of hydrogen-bond acceptors (Lipinski definition) is 4. The zero-order chi connectivity index (χ0) is 61.2. The van der Waals surface area contributed by atoms with Crippen molar-refractivity contribution in [2.45, 2.75) is 105 Å². The van der Waals surface area contributed by atoms with Gasteiger partial charge in [0.2, 0.25) is 0 Å². The Balaban J connectivity index is 1.18. The van der Waals surface area contributed by atoms with Crippen LogP contribution in [0.5, 0.6) is 0 Å². The molecule has 0 radical (unpaired) electrons. The fourth-order valence-electron chi connectivity index (χ4n) is 13.5. The highest BCUT2D eigenvalue weighted by Gasteiger charge is 2.47. The van der Waals surface area contributed by atoms with Gasteiger partial charge < -0.3 is 19.1 Å². The summed E-state index contributed by atoms with van der Waals surface area (Å²) in [5.41, 5.74) is 26.1. The van der Waals surface area contributed by atoms with E-state index in [0.29, 0.717) is 5.02 Å². The zero-order valence-corrected chi connectivity index (χ0v) is 53.5. The van der Waals surface area contributed by atoms with Crippen LogP contribution in [-0.4, -0.2) is 6.71 Å². The summed E-state index contributed by atoms with van der Waals surface area (Å²) in [6, 6.07) is 88.0. The van der Waals surface area contributed by atoms with E-state index in [1.165, 1.54) is 33.3 Å². The van der Waals surface area contributed by atoms with E-state index in [0.717, 1.165) is 112 Å². The Labute approximate surface area is 525 Å². The SMILES string of the molecule is CC(C)(C)c1ccc(N(c2ccc(C(C)(C)C)cc2)c2cc3c(c4oc5ccccc5c24)B2c4ccc(Cl)cc4N(c4ccccc4-c4ccccc4)c4cc(-c5cc(C(C)(C)C)cc(C(C)(C)C)c5)cc(c42)N3c2ccccc2-c2ccccc2)cc1. The Kier molecular flexibility index (Phi) is 13.6. The van der Waals surface area contributed by atoms with Crippen LogP contribution in [0.3, 0.4) is 0 Å². The molecule has 6 heteroatoms. The van der Waals surface area contributed by atoms with Crippen LogP contribution >= 0.6 is 11.6 Å². The summed E-state index contributed by atoms with van der Waals surface area (Å²) in [5.74, 6) is 0. The number of fused-ring (bicyclic) bond motifs is 8. The number of benzene rings is 11. The van der Waals surface area contributed by atoms with Crippen LogP contribution in [0.4, 0.5) is 51.2 Å². The summed E-state index contributed by atoms with van der Waals surface area (Å²) in [6.07, 6.45) is 0. The Bertz CT molecular complexity index is 4580. The lowest BCUT2D eigenvalue weighted by atomic mass is 9.33. The number of halogens is 1. The monoisotopic (exact) mass is 1160 g/mol. The number of rotatable bonds is 8.